The molecular formula is C12H12N2O2. The maximum absolute atomic E-state index is 10.8. The summed E-state index contributed by atoms with van der Waals surface area (Å²) in [7, 11) is 1.63. The van der Waals surface area contributed by atoms with Gasteiger partial charge in [0.15, 0.2) is 6.29 Å². The van der Waals surface area contributed by atoms with E-state index in [1.54, 1.807) is 7.11 Å². The smallest absolute Gasteiger partial charge is 0.153 e. The minimum atomic E-state index is 0.563. The molecule has 0 unspecified atom stereocenters. The van der Waals surface area contributed by atoms with Crippen molar-refractivity contribution in [1.82, 2.24) is 10.2 Å². The van der Waals surface area contributed by atoms with Crippen LogP contribution in [0.2, 0.25) is 0 Å². The van der Waals surface area contributed by atoms with Crippen LogP contribution < -0.4 is 4.74 Å². The van der Waals surface area contributed by atoms with E-state index < -0.39 is 0 Å². The molecule has 16 heavy (non-hydrogen) atoms. The molecule has 2 rings (SSSR count). The third-order valence-corrected chi connectivity index (χ3v) is 2.50. The average molecular weight is 216 g/mol. The van der Waals surface area contributed by atoms with Gasteiger partial charge in [-0.25, -0.2) is 0 Å². The van der Waals surface area contributed by atoms with Crippen molar-refractivity contribution in [2.45, 2.75) is 6.92 Å². The first kappa shape index (κ1) is 10.4. The van der Waals surface area contributed by atoms with Gasteiger partial charge in [-0.15, -0.1) is 0 Å². The SMILES string of the molecule is COc1ccc(-c2[nH]ncc2C=O)c(C)c1. The number of aromatic amines is 1. The summed E-state index contributed by atoms with van der Waals surface area (Å²) < 4.78 is 5.13. The average Bonchev–Trinajstić information content (AvgIpc) is 2.76. The zero-order chi connectivity index (χ0) is 11.5. The van der Waals surface area contributed by atoms with Gasteiger partial charge in [0.2, 0.25) is 0 Å². The van der Waals surface area contributed by atoms with E-state index in [4.69, 9.17) is 4.74 Å². The van der Waals surface area contributed by atoms with Crippen LogP contribution in [0.1, 0.15) is 15.9 Å². The number of methoxy groups -OCH3 is 1. The highest BCUT2D eigenvalue weighted by Crippen LogP contribution is 2.26. The summed E-state index contributed by atoms with van der Waals surface area (Å²) in [6.07, 6.45) is 2.31. The fraction of sp³-hybridized carbons (Fsp3) is 0.167. The molecule has 82 valence electrons. The van der Waals surface area contributed by atoms with E-state index in [-0.39, 0.29) is 0 Å². The Balaban J connectivity index is 2.52. The minimum absolute atomic E-state index is 0.563. The topological polar surface area (TPSA) is 55.0 Å². The maximum Gasteiger partial charge on any atom is 0.153 e. The fourth-order valence-corrected chi connectivity index (χ4v) is 1.64. The van der Waals surface area contributed by atoms with Crippen LogP contribution in [0.4, 0.5) is 0 Å². The molecular weight excluding hydrogens is 204 g/mol. The summed E-state index contributed by atoms with van der Waals surface area (Å²) in [6, 6.07) is 5.69. The molecule has 0 saturated carbocycles. The Morgan fingerprint density at radius 2 is 2.25 bits per heavy atom. The van der Waals surface area contributed by atoms with Crippen LogP contribution in [0.15, 0.2) is 24.4 Å². The molecule has 1 N–H and O–H groups in total. The third kappa shape index (κ3) is 1.69. The Hall–Kier alpha value is -2.10. The molecule has 1 aromatic carbocycles. The molecule has 0 aliphatic carbocycles. The third-order valence-electron chi connectivity index (χ3n) is 2.50. The van der Waals surface area contributed by atoms with Gasteiger partial charge in [-0.05, 0) is 30.7 Å². The molecule has 0 saturated heterocycles. The van der Waals surface area contributed by atoms with E-state index in [9.17, 15) is 4.79 Å². The Morgan fingerprint density at radius 3 is 2.88 bits per heavy atom. The predicted molar refractivity (Wildman–Crippen MR) is 60.7 cm³/mol. The van der Waals surface area contributed by atoms with Crippen molar-refractivity contribution in [3.63, 3.8) is 0 Å². The molecule has 0 aliphatic heterocycles. The predicted octanol–water partition coefficient (Wildman–Crippen LogP) is 2.21. The van der Waals surface area contributed by atoms with Crippen molar-refractivity contribution >= 4 is 6.29 Å². The normalized spacial score (nSPS) is 10.1. The van der Waals surface area contributed by atoms with Crippen LogP contribution in [-0.4, -0.2) is 23.6 Å². The standard InChI is InChI=1S/C12H12N2O2/c1-8-5-10(16-2)3-4-11(8)12-9(7-15)6-13-14-12/h3-7H,1-2H3,(H,13,14). The number of aryl methyl sites for hydroxylation is 1. The molecule has 1 aromatic heterocycles. The Labute approximate surface area is 93.3 Å². The second-order valence-corrected chi connectivity index (χ2v) is 3.50. The van der Waals surface area contributed by atoms with Crippen LogP contribution >= 0.6 is 0 Å². The second-order valence-electron chi connectivity index (χ2n) is 3.50. The van der Waals surface area contributed by atoms with E-state index in [2.05, 4.69) is 10.2 Å². The quantitative estimate of drug-likeness (QED) is 0.800. The van der Waals surface area contributed by atoms with Crippen LogP contribution in [0.3, 0.4) is 0 Å². The van der Waals surface area contributed by atoms with Crippen LogP contribution in [0.5, 0.6) is 5.75 Å². The zero-order valence-electron chi connectivity index (χ0n) is 9.15. The Kier molecular flexibility index (Phi) is 2.72. The van der Waals surface area contributed by atoms with Crippen molar-refractivity contribution in [3.05, 3.63) is 35.5 Å². The molecule has 0 aliphatic rings. The lowest BCUT2D eigenvalue weighted by Gasteiger charge is -2.06. The Bertz CT molecular complexity index is 517. The minimum Gasteiger partial charge on any atom is -0.497 e. The van der Waals surface area contributed by atoms with Crippen molar-refractivity contribution in [3.8, 4) is 17.0 Å². The lowest BCUT2D eigenvalue weighted by atomic mass is 10.0. The molecule has 0 spiro atoms. The Morgan fingerprint density at radius 1 is 1.44 bits per heavy atom. The number of rotatable bonds is 3. The first-order valence-electron chi connectivity index (χ1n) is 4.90. The van der Waals surface area contributed by atoms with Gasteiger partial charge in [0, 0.05) is 5.56 Å². The monoisotopic (exact) mass is 216 g/mol. The molecule has 4 heteroatoms. The van der Waals surface area contributed by atoms with Crippen LogP contribution in [-0.2, 0) is 0 Å². The largest absolute Gasteiger partial charge is 0.497 e. The number of aromatic nitrogens is 2. The van der Waals surface area contributed by atoms with E-state index in [1.807, 2.05) is 25.1 Å². The maximum atomic E-state index is 10.8. The van der Waals surface area contributed by atoms with Crippen LogP contribution in [0, 0.1) is 6.92 Å². The molecule has 0 radical (unpaired) electrons. The molecule has 1 heterocycles. The van der Waals surface area contributed by atoms with Crippen molar-refractivity contribution in [2.75, 3.05) is 7.11 Å². The summed E-state index contributed by atoms with van der Waals surface area (Å²) in [5, 5.41) is 6.69. The number of H-pyrrole nitrogens is 1. The lowest BCUT2D eigenvalue weighted by molar-refractivity contribution is 0.112. The molecule has 2 aromatic rings. The van der Waals surface area contributed by atoms with Crippen LogP contribution in [0.25, 0.3) is 11.3 Å². The highest BCUT2D eigenvalue weighted by atomic mass is 16.5. The van der Waals surface area contributed by atoms with E-state index in [1.165, 1.54) is 6.20 Å². The van der Waals surface area contributed by atoms with Crippen molar-refractivity contribution in [1.29, 1.82) is 0 Å². The fourth-order valence-electron chi connectivity index (χ4n) is 1.64. The number of benzene rings is 1. The van der Waals surface area contributed by atoms with Crippen molar-refractivity contribution < 1.29 is 9.53 Å². The number of nitrogens with zero attached hydrogens (tertiary/aromatic N) is 1. The summed E-state index contributed by atoms with van der Waals surface area (Å²) >= 11 is 0. The summed E-state index contributed by atoms with van der Waals surface area (Å²) in [5.74, 6) is 0.799. The highest BCUT2D eigenvalue weighted by molar-refractivity contribution is 5.86. The number of ether oxygens (including phenoxy) is 1. The van der Waals surface area contributed by atoms with Gasteiger partial charge in [0.1, 0.15) is 5.75 Å². The van der Waals surface area contributed by atoms with E-state index >= 15 is 0 Å². The number of carbonyl (C=O) groups excluding carboxylic acids is 1. The second kappa shape index (κ2) is 4.18. The number of nitrogens with one attached hydrogen (secondary N) is 1. The van der Waals surface area contributed by atoms with Gasteiger partial charge in [0.25, 0.3) is 0 Å². The molecule has 0 fully saturated rings. The number of aldehydes is 1. The van der Waals surface area contributed by atoms with E-state index in [0.29, 0.717) is 5.56 Å². The van der Waals surface area contributed by atoms with E-state index in [0.717, 1.165) is 28.9 Å². The van der Waals surface area contributed by atoms with Gasteiger partial charge < -0.3 is 4.74 Å². The van der Waals surface area contributed by atoms with Gasteiger partial charge >= 0.3 is 0 Å². The number of hydrogen-bond donors (Lipinski definition) is 1. The summed E-state index contributed by atoms with van der Waals surface area (Å²) in [6.45, 7) is 1.97. The number of carbonyl (C=O) groups is 1. The van der Waals surface area contributed by atoms with Crippen molar-refractivity contribution in [2.24, 2.45) is 0 Å². The van der Waals surface area contributed by atoms with Gasteiger partial charge in [0.05, 0.1) is 24.6 Å². The summed E-state index contributed by atoms with van der Waals surface area (Å²) in [4.78, 5) is 10.8. The summed E-state index contributed by atoms with van der Waals surface area (Å²) in [5.41, 5.74) is 3.30. The molecule has 0 bridgehead atoms. The first-order valence-corrected chi connectivity index (χ1v) is 4.90. The highest BCUT2D eigenvalue weighted by Gasteiger charge is 2.09. The zero-order valence-corrected chi connectivity index (χ0v) is 9.15. The first-order chi connectivity index (χ1) is 7.76. The van der Waals surface area contributed by atoms with Gasteiger partial charge in [-0.2, -0.15) is 5.10 Å². The molecule has 4 nitrogen and oxygen atoms in total. The molecule has 0 amide bonds. The number of hydrogen-bond acceptors (Lipinski definition) is 3. The van der Waals surface area contributed by atoms with Gasteiger partial charge in [-0.1, -0.05) is 0 Å². The van der Waals surface area contributed by atoms with Gasteiger partial charge in [-0.3, -0.25) is 9.89 Å². The molecule has 0 atom stereocenters. The lowest BCUT2D eigenvalue weighted by Crippen LogP contribution is -1.90.